The van der Waals surface area contributed by atoms with Crippen molar-refractivity contribution in [2.24, 2.45) is 4.99 Å². The van der Waals surface area contributed by atoms with Gasteiger partial charge in [-0.05, 0) is 50.8 Å². The van der Waals surface area contributed by atoms with Crippen molar-refractivity contribution in [3.05, 3.63) is 35.4 Å². The zero-order valence-corrected chi connectivity index (χ0v) is 16.5. The second kappa shape index (κ2) is 10.8. The number of benzene rings is 1. The smallest absolute Gasteiger partial charge is 0.251 e. The topological polar surface area (TPSA) is 65.5 Å². The molecule has 1 unspecified atom stereocenters. The Labute approximate surface area is 158 Å². The molecule has 1 atom stereocenters. The third kappa shape index (κ3) is 6.70. The van der Waals surface area contributed by atoms with Crippen molar-refractivity contribution in [2.45, 2.75) is 77.9 Å². The molecule has 2 rings (SSSR count). The summed E-state index contributed by atoms with van der Waals surface area (Å²) in [5, 5.41) is 9.90. The molecule has 0 heterocycles. The van der Waals surface area contributed by atoms with Gasteiger partial charge in [-0.1, -0.05) is 38.3 Å². The van der Waals surface area contributed by atoms with Crippen LogP contribution in [0, 0.1) is 0 Å². The Hall–Kier alpha value is -2.04. The van der Waals surface area contributed by atoms with Gasteiger partial charge in [0, 0.05) is 24.2 Å². The van der Waals surface area contributed by atoms with Crippen molar-refractivity contribution >= 4 is 11.9 Å². The van der Waals surface area contributed by atoms with E-state index in [1.807, 2.05) is 31.2 Å². The Kier molecular flexibility index (Phi) is 8.45. The molecule has 1 aromatic carbocycles. The summed E-state index contributed by atoms with van der Waals surface area (Å²) in [5.74, 6) is 0.853. The Morgan fingerprint density at radius 1 is 1.23 bits per heavy atom. The van der Waals surface area contributed by atoms with Crippen molar-refractivity contribution in [3.8, 4) is 0 Å². The summed E-state index contributed by atoms with van der Waals surface area (Å²) in [7, 11) is 0. The molecular weight excluding hydrogens is 324 g/mol. The quantitative estimate of drug-likeness (QED) is 0.515. The fraction of sp³-hybridized carbons (Fsp3) is 0.619. The summed E-state index contributed by atoms with van der Waals surface area (Å²) in [6.07, 6.45) is 7.30. The normalized spacial score (nSPS) is 16.8. The zero-order chi connectivity index (χ0) is 18.8. The van der Waals surface area contributed by atoms with E-state index in [2.05, 4.69) is 29.8 Å². The first-order chi connectivity index (χ1) is 12.6. The van der Waals surface area contributed by atoms with E-state index in [0.29, 0.717) is 18.2 Å². The molecule has 0 bridgehead atoms. The van der Waals surface area contributed by atoms with Gasteiger partial charge in [-0.25, -0.2) is 4.99 Å². The van der Waals surface area contributed by atoms with Gasteiger partial charge in [0.2, 0.25) is 0 Å². The maximum Gasteiger partial charge on any atom is 0.251 e. The summed E-state index contributed by atoms with van der Waals surface area (Å²) in [5.41, 5.74) is 1.74. The number of rotatable bonds is 7. The van der Waals surface area contributed by atoms with Crippen LogP contribution in [-0.4, -0.2) is 30.5 Å². The number of hydrogen-bond donors (Lipinski definition) is 3. The number of carbonyl (C=O) groups is 1. The molecule has 3 N–H and O–H groups in total. The Balaban J connectivity index is 1.99. The average molecular weight is 359 g/mol. The molecule has 144 valence electrons. The van der Waals surface area contributed by atoms with Crippen LogP contribution in [0.25, 0.3) is 0 Å². The predicted octanol–water partition coefficient (Wildman–Crippen LogP) is 3.60. The number of amides is 1. The molecule has 1 fully saturated rings. The fourth-order valence-corrected chi connectivity index (χ4v) is 3.15. The lowest BCUT2D eigenvalue weighted by Crippen LogP contribution is -2.44. The second-order valence-electron chi connectivity index (χ2n) is 7.16. The highest BCUT2D eigenvalue weighted by Crippen LogP contribution is 2.17. The van der Waals surface area contributed by atoms with Gasteiger partial charge in [0.25, 0.3) is 5.91 Å². The van der Waals surface area contributed by atoms with Gasteiger partial charge >= 0.3 is 0 Å². The van der Waals surface area contributed by atoms with Gasteiger partial charge in [-0.15, -0.1) is 0 Å². The van der Waals surface area contributed by atoms with Crippen LogP contribution in [0.2, 0.25) is 0 Å². The van der Waals surface area contributed by atoms with Crippen molar-refractivity contribution in [2.75, 3.05) is 6.54 Å². The van der Waals surface area contributed by atoms with E-state index in [-0.39, 0.29) is 11.9 Å². The van der Waals surface area contributed by atoms with E-state index in [4.69, 9.17) is 4.99 Å². The van der Waals surface area contributed by atoms with Gasteiger partial charge in [0.1, 0.15) is 0 Å². The molecule has 0 spiro atoms. The molecule has 1 saturated carbocycles. The first kappa shape index (κ1) is 20.3. The molecule has 1 amide bonds. The highest BCUT2D eigenvalue weighted by molar-refractivity contribution is 5.94. The average Bonchev–Trinajstić information content (AvgIpc) is 2.67. The number of nitrogens with zero attached hydrogens (tertiary/aromatic N) is 1. The van der Waals surface area contributed by atoms with Crippen LogP contribution in [0.15, 0.2) is 29.3 Å². The highest BCUT2D eigenvalue weighted by Gasteiger charge is 2.14. The lowest BCUT2D eigenvalue weighted by atomic mass is 9.96. The third-order valence-corrected chi connectivity index (χ3v) is 4.89. The minimum Gasteiger partial charge on any atom is -0.357 e. The van der Waals surface area contributed by atoms with Crippen molar-refractivity contribution in [3.63, 3.8) is 0 Å². The van der Waals surface area contributed by atoms with Gasteiger partial charge in [0.05, 0.1) is 6.54 Å². The van der Waals surface area contributed by atoms with Crippen LogP contribution in [0.4, 0.5) is 0 Å². The lowest BCUT2D eigenvalue weighted by Gasteiger charge is -2.24. The Morgan fingerprint density at radius 2 is 2.00 bits per heavy atom. The molecule has 1 aromatic rings. The molecule has 0 aromatic heterocycles. The van der Waals surface area contributed by atoms with E-state index in [1.54, 1.807) is 0 Å². The lowest BCUT2D eigenvalue weighted by molar-refractivity contribution is 0.0939. The molecule has 0 saturated heterocycles. The molecule has 0 aliphatic heterocycles. The van der Waals surface area contributed by atoms with E-state index < -0.39 is 0 Å². The summed E-state index contributed by atoms with van der Waals surface area (Å²) in [6, 6.07) is 8.45. The van der Waals surface area contributed by atoms with Crippen LogP contribution in [-0.2, 0) is 6.54 Å². The number of aliphatic imine (C=N–C) groups is 1. The Bertz CT molecular complexity index is 593. The van der Waals surface area contributed by atoms with Crippen LogP contribution in [0.5, 0.6) is 0 Å². The van der Waals surface area contributed by atoms with Crippen LogP contribution >= 0.6 is 0 Å². The van der Waals surface area contributed by atoms with E-state index in [9.17, 15) is 4.79 Å². The summed E-state index contributed by atoms with van der Waals surface area (Å²) < 4.78 is 0. The van der Waals surface area contributed by atoms with Crippen molar-refractivity contribution in [1.29, 1.82) is 0 Å². The van der Waals surface area contributed by atoms with Crippen molar-refractivity contribution in [1.82, 2.24) is 16.0 Å². The SMILES string of the molecule is CCNC(=NCc1cccc(C(=O)NC(C)CC)c1)NC1CCCCC1. The van der Waals surface area contributed by atoms with Crippen molar-refractivity contribution < 1.29 is 4.79 Å². The van der Waals surface area contributed by atoms with Crippen LogP contribution in [0.3, 0.4) is 0 Å². The third-order valence-electron chi connectivity index (χ3n) is 4.89. The van der Waals surface area contributed by atoms with Gasteiger partial charge < -0.3 is 16.0 Å². The number of nitrogens with one attached hydrogen (secondary N) is 3. The van der Waals surface area contributed by atoms with E-state index in [0.717, 1.165) is 24.5 Å². The highest BCUT2D eigenvalue weighted by atomic mass is 16.1. The predicted molar refractivity (Wildman–Crippen MR) is 108 cm³/mol. The largest absolute Gasteiger partial charge is 0.357 e. The summed E-state index contributed by atoms with van der Waals surface area (Å²) in [6.45, 7) is 7.57. The molecule has 5 heteroatoms. The summed E-state index contributed by atoms with van der Waals surface area (Å²) >= 11 is 0. The maximum absolute atomic E-state index is 12.3. The molecule has 0 radical (unpaired) electrons. The summed E-state index contributed by atoms with van der Waals surface area (Å²) in [4.78, 5) is 17.0. The molecule has 1 aliphatic carbocycles. The molecule has 26 heavy (non-hydrogen) atoms. The van der Waals surface area contributed by atoms with Gasteiger partial charge in [-0.3, -0.25) is 4.79 Å². The first-order valence-corrected chi connectivity index (χ1v) is 10.1. The molecule has 1 aliphatic rings. The van der Waals surface area contributed by atoms with Crippen LogP contribution < -0.4 is 16.0 Å². The minimum absolute atomic E-state index is 0.0163. The first-order valence-electron chi connectivity index (χ1n) is 10.1. The number of carbonyl (C=O) groups excluding carboxylic acids is 1. The van der Waals surface area contributed by atoms with Crippen LogP contribution in [0.1, 0.15) is 75.2 Å². The van der Waals surface area contributed by atoms with Gasteiger partial charge in [-0.2, -0.15) is 0 Å². The van der Waals surface area contributed by atoms with E-state index >= 15 is 0 Å². The van der Waals surface area contributed by atoms with Gasteiger partial charge in [0.15, 0.2) is 5.96 Å². The molecule has 5 nitrogen and oxygen atoms in total. The minimum atomic E-state index is -0.0163. The monoisotopic (exact) mass is 358 g/mol. The Morgan fingerprint density at radius 3 is 2.69 bits per heavy atom. The fourth-order valence-electron chi connectivity index (χ4n) is 3.15. The molecular formula is C21H34N4O. The maximum atomic E-state index is 12.3. The number of guanidine groups is 1. The number of hydrogen-bond acceptors (Lipinski definition) is 2. The standard InChI is InChI=1S/C21H34N4O/c1-4-16(3)24-20(26)18-11-9-10-17(14-18)15-23-21(22-5-2)25-19-12-7-6-8-13-19/h9-11,14,16,19H,4-8,12-13,15H2,1-3H3,(H,24,26)(H2,22,23,25). The second-order valence-corrected chi connectivity index (χ2v) is 7.16. The van der Waals surface area contributed by atoms with E-state index in [1.165, 1.54) is 32.1 Å². The zero-order valence-electron chi connectivity index (χ0n) is 16.5.